The fraction of sp³-hybridized carbons (Fsp3) is 0.333. The zero-order valence-electron chi connectivity index (χ0n) is 14.7. The first-order chi connectivity index (χ1) is 12.0. The second-order valence-corrected chi connectivity index (χ2v) is 6.92. The third-order valence-electron chi connectivity index (χ3n) is 4.47. The lowest BCUT2D eigenvalue weighted by atomic mass is 10.0. The van der Waals surface area contributed by atoms with Crippen molar-refractivity contribution < 1.29 is 9.59 Å². The van der Waals surface area contributed by atoms with E-state index in [2.05, 4.69) is 24.5 Å². The lowest BCUT2D eigenvalue weighted by molar-refractivity contribution is -0.122. The molecule has 2 amide bonds. The van der Waals surface area contributed by atoms with Crippen molar-refractivity contribution in [3.8, 4) is 0 Å². The molecule has 1 aliphatic rings. The number of carbonyl (C=O) groups excluding carboxylic acids is 2. The third kappa shape index (κ3) is 4.69. The van der Waals surface area contributed by atoms with Crippen LogP contribution in [0.25, 0.3) is 0 Å². The normalized spacial score (nSPS) is 13.6. The van der Waals surface area contributed by atoms with Crippen LogP contribution in [-0.4, -0.2) is 11.8 Å². The highest BCUT2D eigenvalue weighted by atomic mass is 16.2. The van der Waals surface area contributed by atoms with Gasteiger partial charge in [0.1, 0.15) is 0 Å². The summed E-state index contributed by atoms with van der Waals surface area (Å²) in [5, 5.41) is 5.83. The van der Waals surface area contributed by atoms with E-state index >= 15 is 0 Å². The highest BCUT2D eigenvalue weighted by molar-refractivity contribution is 6.04. The first-order valence-corrected chi connectivity index (χ1v) is 8.81. The number of carbonyl (C=O) groups is 2. The Morgan fingerprint density at radius 1 is 1.00 bits per heavy atom. The van der Waals surface area contributed by atoms with Gasteiger partial charge in [-0.05, 0) is 54.2 Å². The molecule has 2 aromatic carbocycles. The summed E-state index contributed by atoms with van der Waals surface area (Å²) in [5.41, 5.74) is 3.63. The van der Waals surface area contributed by atoms with Crippen LogP contribution in [0.2, 0.25) is 0 Å². The lowest BCUT2D eigenvalue weighted by Gasteiger charge is -2.09. The van der Waals surface area contributed by atoms with Crippen molar-refractivity contribution in [2.75, 3.05) is 5.32 Å². The molecule has 25 heavy (non-hydrogen) atoms. The Labute approximate surface area is 148 Å². The van der Waals surface area contributed by atoms with Crippen LogP contribution in [0.3, 0.4) is 0 Å². The van der Waals surface area contributed by atoms with Crippen LogP contribution >= 0.6 is 0 Å². The molecule has 1 aliphatic carbocycles. The van der Waals surface area contributed by atoms with Crippen LogP contribution in [0, 0.1) is 5.92 Å². The molecule has 1 fully saturated rings. The fourth-order valence-electron chi connectivity index (χ4n) is 2.61. The zero-order valence-corrected chi connectivity index (χ0v) is 14.7. The molecule has 0 unspecified atom stereocenters. The van der Waals surface area contributed by atoms with Crippen molar-refractivity contribution in [1.29, 1.82) is 0 Å². The Bertz CT molecular complexity index is 744. The maximum Gasteiger partial charge on any atom is 0.255 e. The second kappa shape index (κ2) is 7.51. The predicted molar refractivity (Wildman–Crippen MR) is 99.5 cm³/mol. The van der Waals surface area contributed by atoms with E-state index in [4.69, 9.17) is 0 Å². The zero-order chi connectivity index (χ0) is 17.8. The van der Waals surface area contributed by atoms with Crippen molar-refractivity contribution in [3.05, 3.63) is 65.2 Å². The molecule has 130 valence electrons. The minimum atomic E-state index is -0.133. The number of hydrogen-bond donors (Lipinski definition) is 2. The van der Waals surface area contributed by atoms with Crippen LogP contribution in [-0.2, 0) is 11.3 Å². The Kier molecular flexibility index (Phi) is 5.17. The number of amides is 2. The van der Waals surface area contributed by atoms with Crippen molar-refractivity contribution >= 4 is 17.5 Å². The molecule has 0 atom stereocenters. The summed E-state index contributed by atoms with van der Waals surface area (Å²) >= 11 is 0. The Hall–Kier alpha value is -2.62. The van der Waals surface area contributed by atoms with Gasteiger partial charge >= 0.3 is 0 Å². The van der Waals surface area contributed by atoms with E-state index in [1.807, 2.05) is 36.4 Å². The maximum atomic E-state index is 12.3. The molecule has 0 saturated heterocycles. The van der Waals surface area contributed by atoms with Gasteiger partial charge in [-0.2, -0.15) is 0 Å². The molecule has 0 heterocycles. The summed E-state index contributed by atoms with van der Waals surface area (Å²) in [5.74, 6) is 0.683. The topological polar surface area (TPSA) is 58.2 Å². The summed E-state index contributed by atoms with van der Waals surface area (Å²) in [7, 11) is 0. The molecular weight excluding hydrogens is 312 g/mol. The highest BCUT2D eigenvalue weighted by Crippen LogP contribution is 2.28. The highest BCUT2D eigenvalue weighted by Gasteiger charge is 2.29. The molecule has 4 heteroatoms. The van der Waals surface area contributed by atoms with E-state index in [0.717, 1.165) is 24.1 Å². The number of rotatable bonds is 6. The standard InChI is InChI=1S/C21H24N2O2/c1-14(2)16-9-11-19(12-10-16)23-21(25)18-5-3-15(4-6-18)13-22-20(24)17-7-8-17/h3-6,9-12,14,17H,7-8,13H2,1-2H3,(H,22,24)(H,23,25). The number of nitrogens with one attached hydrogen (secondary N) is 2. The van der Waals surface area contributed by atoms with Gasteiger partial charge in [0.25, 0.3) is 5.91 Å². The van der Waals surface area contributed by atoms with E-state index in [-0.39, 0.29) is 17.7 Å². The molecule has 3 rings (SSSR count). The largest absolute Gasteiger partial charge is 0.352 e. The summed E-state index contributed by atoms with van der Waals surface area (Å²) in [6.45, 7) is 4.79. The molecule has 0 radical (unpaired) electrons. The SMILES string of the molecule is CC(C)c1ccc(NC(=O)c2ccc(CNC(=O)C3CC3)cc2)cc1. The summed E-state index contributed by atoms with van der Waals surface area (Å²) in [6.07, 6.45) is 2.01. The Balaban J connectivity index is 1.55. The fourth-order valence-corrected chi connectivity index (χ4v) is 2.61. The van der Waals surface area contributed by atoms with E-state index in [9.17, 15) is 9.59 Å². The molecule has 4 nitrogen and oxygen atoms in total. The van der Waals surface area contributed by atoms with Gasteiger partial charge < -0.3 is 10.6 Å². The summed E-state index contributed by atoms with van der Waals surface area (Å²) in [4.78, 5) is 24.0. The van der Waals surface area contributed by atoms with Gasteiger partial charge in [0.2, 0.25) is 5.91 Å². The van der Waals surface area contributed by atoms with Gasteiger partial charge in [-0.25, -0.2) is 0 Å². The Morgan fingerprint density at radius 2 is 1.64 bits per heavy atom. The molecule has 2 aromatic rings. The average molecular weight is 336 g/mol. The summed E-state index contributed by atoms with van der Waals surface area (Å²) in [6, 6.07) is 15.3. The van der Waals surface area contributed by atoms with Crippen LogP contribution in [0.4, 0.5) is 5.69 Å². The Morgan fingerprint density at radius 3 is 2.20 bits per heavy atom. The molecule has 1 saturated carbocycles. The molecule has 2 N–H and O–H groups in total. The van der Waals surface area contributed by atoms with E-state index in [1.165, 1.54) is 5.56 Å². The van der Waals surface area contributed by atoms with Crippen LogP contribution < -0.4 is 10.6 Å². The van der Waals surface area contributed by atoms with Crippen LogP contribution in [0.15, 0.2) is 48.5 Å². The van der Waals surface area contributed by atoms with Gasteiger partial charge in [0.15, 0.2) is 0 Å². The van der Waals surface area contributed by atoms with E-state index in [0.29, 0.717) is 18.0 Å². The molecule has 0 spiro atoms. The lowest BCUT2D eigenvalue weighted by Crippen LogP contribution is -2.24. The minimum Gasteiger partial charge on any atom is -0.352 e. The van der Waals surface area contributed by atoms with Crippen molar-refractivity contribution in [2.45, 2.75) is 39.2 Å². The van der Waals surface area contributed by atoms with Gasteiger partial charge in [-0.3, -0.25) is 9.59 Å². The monoisotopic (exact) mass is 336 g/mol. The first kappa shape index (κ1) is 17.2. The smallest absolute Gasteiger partial charge is 0.255 e. The van der Waals surface area contributed by atoms with Crippen LogP contribution in [0.1, 0.15) is 54.1 Å². The first-order valence-electron chi connectivity index (χ1n) is 8.81. The van der Waals surface area contributed by atoms with Gasteiger partial charge in [0, 0.05) is 23.7 Å². The number of hydrogen-bond acceptors (Lipinski definition) is 2. The van der Waals surface area contributed by atoms with Crippen molar-refractivity contribution in [2.24, 2.45) is 5.92 Å². The van der Waals surface area contributed by atoms with Crippen LogP contribution in [0.5, 0.6) is 0 Å². The maximum absolute atomic E-state index is 12.3. The average Bonchev–Trinajstić information content (AvgIpc) is 3.45. The summed E-state index contributed by atoms with van der Waals surface area (Å²) < 4.78 is 0. The molecule has 0 aromatic heterocycles. The molecule has 0 aliphatic heterocycles. The van der Waals surface area contributed by atoms with E-state index in [1.54, 1.807) is 12.1 Å². The number of benzene rings is 2. The quantitative estimate of drug-likeness (QED) is 0.835. The van der Waals surface area contributed by atoms with Crippen molar-refractivity contribution in [3.63, 3.8) is 0 Å². The number of anilines is 1. The molecule has 0 bridgehead atoms. The second-order valence-electron chi connectivity index (χ2n) is 6.92. The van der Waals surface area contributed by atoms with Crippen molar-refractivity contribution in [1.82, 2.24) is 5.32 Å². The van der Waals surface area contributed by atoms with E-state index < -0.39 is 0 Å². The third-order valence-corrected chi connectivity index (χ3v) is 4.47. The predicted octanol–water partition coefficient (Wildman–Crippen LogP) is 4.09. The molecular formula is C21H24N2O2. The van der Waals surface area contributed by atoms with Gasteiger partial charge in [0.05, 0.1) is 0 Å². The minimum absolute atomic E-state index is 0.131. The van der Waals surface area contributed by atoms with Gasteiger partial charge in [-0.1, -0.05) is 38.1 Å². The van der Waals surface area contributed by atoms with Gasteiger partial charge in [-0.15, -0.1) is 0 Å².